The quantitative estimate of drug-likeness (QED) is 0.150. The van der Waals surface area contributed by atoms with Crippen molar-refractivity contribution in [2.75, 3.05) is 11.9 Å². The van der Waals surface area contributed by atoms with Gasteiger partial charge in [-0.3, -0.25) is 0 Å². The molecule has 0 bridgehead atoms. The molecule has 2 aliphatic rings. The van der Waals surface area contributed by atoms with Crippen LogP contribution >= 0.6 is 0 Å². The number of nitrogens with zero attached hydrogens (tertiary/aromatic N) is 2. The number of carbonyl (C=O) groups is 1. The Morgan fingerprint density at radius 3 is 2.58 bits per heavy atom. The molecule has 2 aromatic carbocycles. The summed E-state index contributed by atoms with van der Waals surface area (Å²) in [4.78, 5) is 12.5. The van der Waals surface area contributed by atoms with E-state index in [0.29, 0.717) is 48.1 Å². The number of ether oxygens (including phenoxy) is 2. The van der Waals surface area contributed by atoms with Crippen LogP contribution < -0.4 is 15.8 Å². The molecule has 2 aliphatic carbocycles. The molecular weight excluding hydrogens is 558 g/mol. The highest BCUT2D eigenvalue weighted by Crippen LogP contribution is 2.35. The SMILES string of the molecule is C=C(CC/C=C/OC1=CCCC=C1)c1c(C#N)c(C#N)cc2c1=C(Nc1ccc(C(=O)OCCCC)cc1)CC(C(C)(C)C)C=2. The van der Waals surface area contributed by atoms with E-state index in [1.165, 1.54) is 0 Å². The first-order chi connectivity index (χ1) is 21.7. The topological polar surface area (TPSA) is 95.1 Å². The van der Waals surface area contributed by atoms with Crippen LogP contribution in [-0.4, -0.2) is 12.6 Å². The van der Waals surface area contributed by atoms with E-state index in [9.17, 15) is 15.3 Å². The number of fused-ring (bicyclic) bond motifs is 1. The number of hydrogen-bond acceptors (Lipinski definition) is 6. The molecule has 0 aromatic heterocycles. The van der Waals surface area contributed by atoms with Gasteiger partial charge in [-0.25, -0.2) is 4.79 Å². The highest BCUT2D eigenvalue weighted by atomic mass is 16.5. The normalized spacial score (nSPS) is 15.7. The lowest BCUT2D eigenvalue weighted by atomic mass is 9.74. The van der Waals surface area contributed by atoms with E-state index in [-0.39, 0.29) is 17.3 Å². The largest absolute Gasteiger partial charge is 0.466 e. The van der Waals surface area contributed by atoms with Crippen LogP contribution in [0.1, 0.15) is 99.7 Å². The summed E-state index contributed by atoms with van der Waals surface area (Å²) in [7, 11) is 0. The van der Waals surface area contributed by atoms with Crippen LogP contribution in [0, 0.1) is 34.0 Å². The van der Waals surface area contributed by atoms with Gasteiger partial charge in [-0.2, -0.15) is 10.5 Å². The van der Waals surface area contributed by atoms with Crippen LogP contribution in [0.25, 0.3) is 17.3 Å². The molecule has 0 radical (unpaired) electrons. The predicted molar refractivity (Wildman–Crippen MR) is 181 cm³/mol. The molecule has 45 heavy (non-hydrogen) atoms. The molecule has 0 fully saturated rings. The number of esters is 1. The minimum absolute atomic E-state index is 0.0393. The van der Waals surface area contributed by atoms with Crippen molar-refractivity contribution < 1.29 is 14.3 Å². The van der Waals surface area contributed by atoms with Crippen molar-refractivity contribution >= 4 is 29.0 Å². The minimum Gasteiger partial charge on any atom is -0.466 e. The van der Waals surface area contributed by atoms with E-state index >= 15 is 0 Å². The maximum absolute atomic E-state index is 12.5. The number of nitriles is 2. The zero-order valence-corrected chi connectivity index (χ0v) is 26.9. The number of anilines is 1. The average molecular weight is 602 g/mol. The Kier molecular flexibility index (Phi) is 11.2. The van der Waals surface area contributed by atoms with E-state index in [4.69, 9.17) is 9.47 Å². The second-order valence-corrected chi connectivity index (χ2v) is 12.6. The van der Waals surface area contributed by atoms with Gasteiger partial charge in [0.1, 0.15) is 17.9 Å². The summed E-state index contributed by atoms with van der Waals surface area (Å²) in [5.74, 6) is 0.694. The lowest BCUT2D eigenvalue weighted by molar-refractivity contribution is 0.0499. The van der Waals surface area contributed by atoms with Gasteiger partial charge in [-0.15, -0.1) is 0 Å². The zero-order valence-electron chi connectivity index (χ0n) is 26.9. The van der Waals surface area contributed by atoms with Crippen molar-refractivity contribution in [3.05, 3.63) is 106 Å². The van der Waals surface area contributed by atoms with E-state index in [1.54, 1.807) is 18.4 Å². The van der Waals surface area contributed by atoms with Crippen molar-refractivity contribution in [1.29, 1.82) is 10.5 Å². The number of unbranched alkanes of at least 4 members (excludes halogenated alkanes) is 1. The lowest BCUT2D eigenvalue weighted by Crippen LogP contribution is -2.40. The molecule has 1 unspecified atom stereocenters. The van der Waals surface area contributed by atoms with Crippen molar-refractivity contribution in [2.45, 2.75) is 72.6 Å². The summed E-state index contributed by atoms with van der Waals surface area (Å²) in [5.41, 5.74) is 4.42. The number of rotatable bonds is 12. The Hall–Kier alpha value is -4.81. The molecule has 4 rings (SSSR count). The Morgan fingerprint density at radius 2 is 1.93 bits per heavy atom. The molecule has 1 N–H and O–H groups in total. The van der Waals surface area contributed by atoms with Gasteiger partial charge >= 0.3 is 5.97 Å². The molecule has 6 heteroatoms. The summed E-state index contributed by atoms with van der Waals surface area (Å²) < 4.78 is 11.1. The maximum atomic E-state index is 12.5. The molecule has 0 saturated carbocycles. The first kappa shape index (κ1) is 33.1. The number of hydrogen-bond donors (Lipinski definition) is 1. The Bertz CT molecular complexity index is 1720. The third-order valence-electron chi connectivity index (χ3n) is 8.18. The van der Waals surface area contributed by atoms with Crippen LogP contribution in [0.15, 0.2) is 73.2 Å². The second kappa shape index (κ2) is 15.3. The van der Waals surface area contributed by atoms with Crippen LogP contribution in [0.2, 0.25) is 0 Å². The molecular formula is C39H43N3O3. The van der Waals surface area contributed by atoms with Crippen molar-refractivity contribution in [1.82, 2.24) is 0 Å². The maximum Gasteiger partial charge on any atom is 0.338 e. The average Bonchev–Trinajstić information content (AvgIpc) is 3.03. The summed E-state index contributed by atoms with van der Waals surface area (Å²) in [6.45, 7) is 13.5. The summed E-state index contributed by atoms with van der Waals surface area (Å²) >= 11 is 0. The number of nitrogens with one attached hydrogen (secondary N) is 1. The van der Waals surface area contributed by atoms with Gasteiger partial charge in [0.15, 0.2) is 0 Å². The molecule has 1 atom stereocenters. The fraction of sp³-hybridized carbons (Fsp3) is 0.359. The van der Waals surface area contributed by atoms with Crippen molar-refractivity contribution in [3.8, 4) is 12.1 Å². The first-order valence-corrected chi connectivity index (χ1v) is 15.8. The summed E-state index contributed by atoms with van der Waals surface area (Å²) in [6, 6.07) is 13.7. The first-order valence-electron chi connectivity index (χ1n) is 15.8. The van der Waals surface area contributed by atoms with Gasteiger partial charge in [0.25, 0.3) is 0 Å². The molecule has 0 aliphatic heterocycles. The zero-order chi connectivity index (χ0) is 32.4. The van der Waals surface area contributed by atoms with Gasteiger partial charge in [0.05, 0.1) is 29.6 Å². The minimum atomic E-state index is -0.333. The van der Waals surface area contributed by atoms with Gasteiger partial charge < -0.3 is 14.8 Å². The van der Waals surface area contributed by atoms with Crippen LogP contribution in [0.3, 0.4) is 0 Å². The second-order valence-electron chi connectivity index (χ2n) is 12.6. The molecule has 2 aromatic rings. The lowest BCUT2D eigenvalue weighted by Gasteiger charge is -2.32. The Morgan fingerprint density at radius 1 is 1.16 bits per heavy atom. The molecule has 0 heterocycles. The molecule has 0 spiro atoms. The molecule has 0 saturated heterocycles. The molecule has 232 valence electrons. The summed E-state index contributed by atoms with van der Waals surface area (Å²) in [6.07, 6.45) is 17.8. The van der Waals surface area contributed by atoms with Gasteiger partial charge in [-0.05, 0) is 109 Å². The highest BCUT2D eigenvalue weighted by molar-refractivity contribution is 5.90. The third kappa shape index (κ3) is 8.43. The highest BCUT2D eigenvalue weighted by Gasteiger charge is 2.28. The number of benzene rings is 2. The molecule has 6 nitrogen and oxygen atoms in total. The van der Waals surface area contributed by atoms with Crippen molar-refractivity contribution in [3.63, 3.8) is 0 Å². The van der Waals surface area contributed by atoms with E-state index in [2.05, 4.69) is 70.0 Å². The van der Waals surface area contributed by atoms with Gasteiger partial charge in [0, 0.05) is 22.2 Å². The Balaban J connectivity index is 1.72. The fourth-order valence-corrected chi connectivity index (χ4v) is 5.50. The smallest absolute Gasteiger partial charge is 0.338 e. The number of carbonyl (C=O) groups excluding carboxylic acids is 1. The van der Waals surface area contributed by atoms with Gasteiger partial charge in [0.2, 0.25) is 0 Å². The van der Waals surface area contributed by atoms with E-state index < -0.39 is 0 Å². The summed E-state index contributed by atoms with van der Waals surface area (Å²) in [5, 5.41) is 25.8. The van der Waals surface area contributed by atoms with E-state index in [1.807, 2.05) is 30.4 Å². The third-order valence-corrected chi connectivity index (χ3v) is 8.18. The standard InChI is InChI=1S/C39H43N3O3/c1-6-7-20-45-38(43)28-16-18-32(19-17-28)42-35-24-31(39(3,4)5)23-29-22-30(25-40)34(26-41)36(37(29)35)27(2)13-11-12-21-44-33-14-9-8-10-15-33/h9,12,14-19,21-23,31,42H,2,6-8,10-11,13,20,24H2,1,3-5H3/b21-12+. The van der Waals surface area contributed by atoms with Gasteiger partial charge in [-0.1, -0.05) is 52.8 Å². The van der Waals surface area contributed by atoms with Crippen LogP contribution in [0.4, 0.5) is 5.69 Å². The molecule has 0 amide bonds. The van der Waals surface area contributed by atoms with Crippen LogP contribution in [0.5, 0.6) is 0 Å². The monoisotopic (exact) mass is 601 g/mol. The van der Waals surface area contributed by atoms with Crippen LogP contribution in [-0.2, 0) is 9.47 Å². The predicted octanol–water partition coefficient (Wildman–Crippen LogP) is 8.01. The fourth-order valence-electron chi connectivity index (χ4n) is 5.50. The van der Waals surface area contributed by atoms with Crippen molar-refractivity contribution in [2.24, 2.45) is 11.3 Å². The van der Waals surface area contributed by atoms with E-state index in [0.717, 1.165) is 58.8 Å². The number of allylic oxidation sites excluding steroid dienone is 5. The Labute approximate surface area is 267 Å².